The smallest absolute Gasteiger partial charge is 0.238 e. The van der Waals surface area contributed by atoms with Crippen molar-refractivity contribution in [3.8, 4) is 45.5 Å². The number of hydrogen-bond donors (Lipinski definition) is 0. The summed E-state index contributed by atoms with van der Waals surface area (Å²) in [5, 5.41) is 11.5. The molecule has 0 aliphatic carbocycles. The summed E-state index contributed by atoms with van der Waals surface area (Å²) in [5.41, 5.74) is 10.7. The molecule has 0 bridgehead atoms. The van der Waals surface area contributed by atoms with E-state index < -0.39 is 0 Å². The fourth-order valence-electron chi connectivity index (χ4n) is 10.2. The second-order valence-electron chi connectivity index (χ2n) is 16.8. The van der Waals surface area contributed by atoms with Gasteiger partial charge in [-0.2, -0.15) is 9.97 Å². The van der Waals surface area contributed by atoms with Crippen LogP contribution in [0.5, 0.6) is 0 Å². The van der Waals surface area contributed by atoms with E-state index >= 15 is 0 Å². The number of para-hydroxylation sites is 3. The molecule has 0 N–H and O–H groups in total. The monoisotopic (exact) mass is 829 g/mol. The van der Waals surface area contributed by atoms with Crippen molar-refractivity contribution in [1.82, 2.24) is 24.1 Å². The molecule has 0 atom stereocenters. The third-order valence-electron chi connectivity index (χ3n) is 13.2. The Hall–Kier alpha value is -8.87. The third kappa shape index (κ3) is 5.44. The molecule has 6 nitrogen and oxygen atoms in total. The summed E-state index contributed by atoms with van der Waals surface area (Å²) < 4.78 is 11.3. The van der Waals surface area contributed by atoms with Gasteiger partial charge in [0.05, 0.1) is 27.8 Å². The summed E-state index contributed by atoms with van der Waals surface area (Å²) in [5.74, 6) is 1.64. The van der Waals surface area contributed by atoms with Crippen LogP contribution in [0.2, 0.25) is 0 Å². The highest BCUT2D eigenvalue weighted by molar-refractivity contribution is 6.24. The fraction of sp³-hybridized carbons (Fsp3) is 0. The first-order chi connectivity index (χ1) is 32.2. The molecule has 0 amide bonds. The number of furan rings is 1. The zero-order valence-electron chi connectivity index (χ0n) is 34.9. The lowest BCUT2D eigenvalue weighted by atomic mass is 10.0. The van der Waals surface area contributed by atoms with Crippen LogP contribution in [0.25, 0.3) is 133 Å². The van der Waals surface area contributed by atoms with Gasteiger partial charge in [-0.25, -0.2) is 4.98 Å². The van der Waals surface area contributed by atoms with Gasteiger partial charge in [0.1, 0.15) is 11.2 Å². The highest BCUT2D eigenvalue weighted by Gasteiger charge is 2.24. The molecule has 4 aromatic heterocycles. The van der Waals surface area contributed by atoms with Crippen LogP contribution < -0.4 is 0 Å². The van der Waals surface area contributed by atoms with Gasteiger partial charge in [-0.3, -0.25) is 4.57 Å². The van der Waals surface area contributed by atoms with Gasteiger partial charge in [-0.05, 0) is 81.2 Å². The van der Waals surface area contributed by atoms with Crippen molar-refractivity contribution in [2.45, 2.75) is 0 Å². The van der Waals surface area contributed by atoms with E-state index in [1.54, 1.807) is 0 Å². The van der Waals surface area contributed by atoms with Gasteiger partial charge < -0.3 is 8.98 Å². The van der Waals surface area contributed by atoms with Gasteiger partial charge in [0, 0.05) is 43.4 Å². The molecule has 14 rings (SSSR count). The maximum Gasteiger partial charge on any atom is 0.238 e. The predicted octanol–water partition coefficient (Wildman–Crippen LogP) is 15.3. The molecule has 0 radical (unpaired) electrons. The average molecular weight is 830 g/mol. The summed E-state index contributed by atoms with van der Waals surface area (Å²) in [7, 11) is 0. The molecular weight excluding hydrogens is 795 g/mol. The summed E-state index contributed by atoms with van der Waals surface area (Å²) in [6, 6.07) is 75.1. The van der Waals surface area contributed by atoms with Gasteiger partial charge in [0.15, 0.2) is 11.6 Å². The molecule has 0 saturated heterocycles. The van der Waals surface area contributed by atoms with E-state index in [1.807, 2.05) is 18.2 Å². The first-order valence-corrected chi connectivity index (χ1v) is 21.9. The van der Waals surface area contributed by atoms with Crippen LogP contribution in [0.4, 0.5) is 0 Å². The topological polar surface area (TPSA) is 61.7 Å². The normalized spacial score (nSPS) is 12.0. The Labute approximate surface area is 371 Å². The highest BCUT2D eigenvalue weighted by Crippen LogP contribution is 2.43. The van der Waals surface area contributed by atoms with Crippen molar-refractivity contribution in [2.75, 3.05) is 0 Å². The van der Waals surface area contributed by atoms with Gasteiger partial charge in [-0.15, -0.1) is 0 Å². The number of rotatable bonds is 5. The first-order valence-electron chi connectivity index (χ1n) is 21.9. The molecule has 0 fully saturated rings. The molecule has 0 aliphatic heterocycles. The molecule has 0 spiro atoms. The molecule has 6 heteroatoms. The molecular formula is C59H35N5O. The number of benzene rings is 10. The van der Waals surface area contributed by atoms with Crippen molar-refractivity contribution in [3.63, 3.8) is 0 Å². The largest absolute Gasteiger partial charge is 0.456 e. The molecule has 0 unspecified atom stereocenters. The van der Waals surface area contributed by atoms with E-state index in [2.05, 4.69) is 203 Å². The van der Waals surface area contributed by atoms with E-state index in [0.717, 1.165) is 82.7 Å². The first kappa shape index (κ1) is 35.7. The van der Waals surface area contributed by atoms with Gasteiger partial charge in [0.25, 0.3) is 0 Å². The lowest BCUT2D eigenvalue weighted by Crippen LogP contribution is -2.08. The molecule has 302 valence electrons. The van der Waals surface area contributed by atoms with Gasteiger partial charge in [0.2, 0.25) is 5.95 Å². The third-order valence-corrected chi connectivity index (χ3v) is 13.2. The van der Waals surface area contributed by atoms with Gasteiger partial charge in [-0.1, -0.05) is 164 Å². The van der Waals surface area contributed by atoms with Crippen LogP contribution in [0.15, 0.2) is 217 Å². The van der Waals surface area contributed by atoms with Crippen LogP contribution in [0.1, 0.15) is 0 Å². The predicted molar refractivity (Wildman–Crippen MR) is 267 cm³/mol. The van der Waals surface area contributed by atoms with Crippen LogP contribution >= 0.6 is 0 Å². The van der Waals surface area contributed by atoms with Crippen molar-refractivity contribution in [3.05, 3.63) is 212 Å². The van der Waals surface area contributed by atoms with Crippen molar-refractivity contribution in [2.24, 2.45) is 0 Å². The summed E-state index contributed by atoms with van der Waals surface area (Å²) >= 11 is 0. The molecule has 0 aliphatic rings. The van der Waals surface area contributed by atoms with E-state index in [1.165, 1.54) is 32.3 Å². The Kier molecular flexibility index (Phi) is 7.59. The highest BCUT2D eigenvalue weighted by atomic mass is 16.3. The minimum Gasteiger partial charge on any atom is -0.456 e. The van der Waals surface area contributed by atoms with E-state index in [9.17, 15) is 0 Å². The molecule has 14 aromatic rings. The maximum absolute atomic E-state index is 6.68. The standard InChI is InChI=1S/C59H35N5O/c1-2-14-36(15-3-1)37-26-28-39(29-27-37)57-60-58(62-59(61-57)64-49-23-11-8-20-43(49)44-21-9-12-24-50(44)64)48-35-55-46(45-22-10-13-25-54(45)65-55)34-53(48)63-51-31-30-38-16-6-7-19-42(38)56(51)47-32-40-17-4-5-18-41(40)33-52(47)63/h1-35H. The van der Waals surface area contributed by atoms with Crippen LogP contribution in [-0.4, -0.2) is 24.1 Å². The van der Waals surface area contributed by atoms with Crippen LogP contribution in [0, 0.1) is 0 Å². The Morgan fingerprint density at radius 3 is 1.69 bits per heavy atom. The van der Waals surface area contributed by atoms with Crippen molar-refractivity contribution in [1.29, 1.82) is 0 Å². The van der Waals surface area contributed by atoms with Crippen molar-refractivity contribution < 1.29 is 4.42 Å². The molecule has 65 heavy (non-hydrogen) atoms. The lowest BCUT2D eigenvalue weighted by molar-refractivity contribution is 0.669. The number of nitrogens with zero attached hydrogens (tertiary/aromatic N) is 5. The summed E-state index contributed by atoms with van der Waals surface area (Å²) in [4.78, 5) is 16.3. The molecule has 4 heterocycles. The second kappa shape index (κ2) is 13.8. The fourth-order valence-corrected chi connectivity index (χ4v) is 10.2. The van der Waals surface area contributed by atoms with Crippen molar-refractivity contribution >= 4 is 87.1 Å². The summed E-state index contributed by atoms with van der Waals surface area (Å²) in [6.07, 6.45) is 0. The Balaban J connectivity index is 1.11. The number of hydrogen-bond acceptors (Lipinski definition) is 4. The molecule has 10 aromatic carbocycles. The minimum atomic E-state index is 0.532. The van der Waals surface area contributed by atoms with E-state index in [0.29, 0.717) is 17.6 Å². The number of fused-ring (bicyclic) bond motifs is 12. The lowest BCUT2D eigenvalue weighted by Gasteiger charge is -2.16. The zero-order valence-corrected chi connectivity index (χ0v) is 34.9. The minimum absolute atomic E-state index is 0.532. The van der Waals surface area contributed by atoms with Gasteiger partial charge >= 0.3 is 0 Å². The second-order valence-corrected chi connectivity index (χ2v) is 16.8. The quantitative estimate of drug-likeness (QED) is 0.173. The van der Waals surface area contributed by atoms with E-state index in [4.69, 9.17) is 19.4 Å². The zero-order chi connectivity index (χ0) is 42.6. The van der Waals surface area contributed by atoms with E-state index in [-0.39, 0.29) is 0 Å². The van der Waals surface area contributed by atoms with Crippen LogP contribution in [-0.2, 0) is 0 Å². The SMILES string of the molecule is c1ccc(-c2ccc(-c3nc(-c4cc5oc6ccccc6c5cc4-n4c5cc6ccccc6cc5c5c6ccccc6ccc54)nc(-n4c5ccccc5c5ccccc54)n3)cc2)cc1. The van der Waals surface area contributed by atoms with Crippen LogP contribution in [0.3, 0.4) is 0 Å². The average Bonchev–Trinajstić information content (AvgIpc) is 4.02. The number of aromatic nitrogens is 5. The summed E-state index contributed by atoms with van der Waals surface area (Å²) in [6.45, 7) is 0. The molecule has 0 saturated carbocycles. The Morgan fingerprint density at radius 1 is 0.323 bits per heavy atom. The maximum atomic E-state index is 6.68. The Morgan fingerprint density at radius 2 is 0.923 bits per heavy atom. The Bertz CT molecular complexity index is 4180.